The van der Waals surface area contributed by atoms with Crippen molar-refractivity contribution in [3.63, 3.8) is 0 Å². The lowest BCUT2D eigenvalue weighted by atomic mass is 10.1. The van der Waals surface area contributed by atoms with E-state index >= 15 is 0 Å². The molecule has 1 amide bonds. The zero-order valence-corrected chi connectivity index (χ0v) is 16.6. The van der Waals surface area contributed by atoms with Crippen LogP contribution in [0.4, 0.5) is 30.7 Å². The van der Waals surface area contributed by atoms with Gasteiger partial charge in [0.1, 0.15) is 0 Å². The number of halogens is 9. The number of aromatic nitrogens is 1. The van der Waals surface area contributed by atoms with Gasteiger partial charge in [-0.25, -0.2) is 5.43 Å². The Hall–Kier alpha value is -2.27. The molecular formula is C17H12Cl2F7N3O. The molecule has 0 unspecified atom stereocenters. The summed E-state index contributed by atoms with van der Waals surface area (Å²) < 4.78 is 90.3. The molecule has 2 rings (SSSR count). The maximum atomic E-state index is 13.3. The predicted octanol–water partition coefficient (Wildman–Crippen LogP) is 5.68. The molecule has 164 valence electrons. The van der Waals surface area contributed by atoms with Gasteiger partial charge in [-0.2, -0.15) is 35.8 Å². The first-order valence-electron chi connectivity index (χ1n) is 7.91. The van der Waals surface area contributed by atoms with Crippen LogP contribution in [0.5, 0.6) is 0 Å². The molecule has 0 aliphatic heterocycles. The Bertz CT molecular complexity index is 1000. The smallest absolute Gasteiger partial charge is 0.316 e. The third kappa shape index (κ3) is 4.27. The molecule has 0 atom stereocenters. The summed E-state index contributed by atoms with van der Waals surface area (Å²) in [5.41, 5.74) is 2.75. The monoisotopic (exact) mass is 477 g/mol. The molecule has 0 aliphatic carbocycles. The Morgan fingerprint density at radius 3 is 2.23 bits per heavy atom. The van der Waals surface area contributed by atoms with Gasteiger partial charge < -0.3 is 4.57 Å². The predicted molar refractivity (Wildman–Crippen MR) is 96.9 cm³/mol. The zero-order chi connectivity index (χ0) is 23.1. The number of benzene rings is 1. The van der Waals surface area contributed by atoms with Gasteiger partial charge in [0.15, 0.2) is 0 Å². The maximum Gasteiger partial charge on any atom is 0.460 e. The van der Waals surface area contributed by atoms with Crippen LogP contribution in [0, 0.1) is 13.8 Å². The Morgan fingerprint density at radius 1 is 1.07 bits per heavy atom. The number of nitrogens with zero attached hydrogens (tertiary/aromatic N) is 2. The Labute approximate surface area is 175 Å². The van der Waals surface area contributed by atoms with Crippen molar-refractivity contribution in [2.24, 2.45) is 5.10 Å². The molecular weight excluding hydrogens is 466 g/mol. The summed E-state index contributed by atoms with van der Waals surface area (Å²) in [5.74, 6) is -15.5. The van der Waals surface area contributed by atoms with Gasteiger partial charge in [-0.05, 0) is 38.1 Å². The summed E-state index contributed by atoms with van der Waals surface area (Å²) >= 11 is 12.1. The lowest BCUT2D eigenvalue weighted by molar-refractivity contribution is -0.344. The number of amides is 1. The third-order valence-electron chi connectivity index (χ3n) is 4.02. The van der Waals surface area contributed by atoms with Crippen molar-refractivity contribution < 1.29 is 35.5 Å². The number of carbonyl (C=O) groups is 1. The summed E-state index contributed by atoms with van der Waals surface area (Å²) in [7, 11) is 0. The van der Waals surface area contributed by atoms with E-state index in [1.807, 2.05) is 0 Å². The fraction of sp³-hybridized carbons (Fsp3) is 0.294. The molecule has 0 fully saturated rings. The highest BCUT2D eigenvalue weighted by molar-refractivity contribution is 6.34. The summed E-state index contributed by atoms with van der Waals surface area (Å²) in [6, 6.07) is 6.13. The van der Waals surface area contributed by atoms with Gasteiger partial charge in [0, 0.05) is 22.0 Å². The number of hydrazone groups is 1. The highest BCUT2D eigenvalue weighted by Gasteiger charge is 2.76. The molecule has 4 nitrogen and oxygen atoms in total. The Balaban J connectivity index is 2.28. The fourth-order valence-corrected chi connectivity index (χ4v) is 2.87. The normalized spacial score (nSPS) is 13.2. The van der Waals surface area contributed by atoms with Crippen LogP contribution in [-0.2, 0) is 4.79 Å². The molecule has 0 bridgehead atoms. The van der Waals surface area contributed by atoms with Crippen molar-refractivity contribution in [1.29, 1.82) is 0 Å². The van der Waals surface area contributed by atoms with Crippen molar-refractivity contribution in [2.75, 3.05) is 0 Å². The summed E-state index contributed by atoms with van der Waals surface area (Å²) in [4.78, 5) is 11.2. The number of hydrogen-bond acceptors (Lipinski definition) is 2. The minimum Gasteiger partial charge on any atom is -0.316 e. The van der Waals surface area contributed by atoms with Gasteiger partial charge >= 0.3 is 23.9 Å². The molecule has 0 aliphatic rings. The third-order valence-corrected chi connectivity index (χ3v) is 4.58. The maximum absolute atomic E-state index is 13.3. The average Bonchev–Trinajstić information content (AvgIpc) is 2.89. The SMILES string of the molecule is Cc1cc(/C=N\NC(=O)C(F)(F)C(F)(F)C(F)(F)F)c(C)n1-c1cc(Cl)ccc1Cl. The Kier molecular flexibility index (Phi) is 6.48. The van der Waals surface area contributed by atoms with Crippen LogP contribution in [0.1, 0.15) is 17.0 Å². The topological polar surface area (TPSA) is 46.4 Å². The van der Waals surface area contributed by atoms with Gasteiger partial charge in [0.05, 0.1) is 16.9 Å². The molecule has 2 aromatic rings. The summed E-state index contributed by atoms with van der Waals surface area (Å²) in [6.07, 6.45) is -5.81. The van der Waals surface area contributed by atoms with Gasteiger partial charge in [-0.1, -0.05) is 23.2 Å². The van der Waals surface area contributed by atoms with E-state index in [9.17, 15) is 35.5 Å². The lowest BCUT2D eigenvalue weighted by Gasteiger charge is -2.26. The van der Waals surface area contributed by atoms with Gasteiger partial charge in [-0.3, -0.25) is 4.79 Å². The molecule has 1 aromatic carbocycles. The van der Waals surface area contributed by atoms with Crippen LogP contribution in [0.25, 0.3) is 5.69 Å². The van der Waals surface area contributed by atoms with Crippen LogP contribution in [-0.4, -0.2) is 34.7 Å². The highest BCUT2D eigenvalue weighted by Crippen LogP contribution is 2.46. The van der Waals surface area contributed by atoms with Gasteiger partial charge in [0.2, 0.25) is 0 Å². The van der Waals surface area contributed by atoms with E-state index in [1.54, 1.807) is 30.5 Å². The number of aryl methyl sites for hydroxylation is 1. The first kappa shape index (κ1) is 24.0. The second-order valence-electron chi connectivity index (χ2n) is 6.10. The molecule has 0 spiro atoms. The van der Waals surface area contributed by atoms with E-state index in [-0.39, 0.29) is 5.56 Å². The first-order valence-corrected chi connectivity index (χ1v) is 8.67. The number of hydrogen-bond donors (Lipinski definition) is 1. The minimum absolute atomic E-state index is 0.245. The van der Waals surface area contributed by atoms with Gasteiger partial charge in [-0.15, -0.1) is 0 Å². The fourth-order valence-electron chi connectivity index (χ4n) is 2.50. The molecule has 30 heavy (non-hydrogen) atoms. The number of nitrogens with one attached hydrogen (secondary N) is 1. The van der Waals surface area contributed by atoms with E-state index in [0.29, 0.717) is 27.1 Å². The second kappa shape index (κ2) is 8.10. The molecule has 1 aromatic heterocycles. The van der Waals surface area contributed by atoms with Crippen molar-refractivity contribution in [3.05, 3.63) is 51.3 Å². The van der Waals surface area contributed by atoms with Crippen LogP contribution in [0.3, 0.4) is 0 Å². The highest BCUT2D eigenvalue weighted by atomic mass is 35.5. The van der Waals surface area contributed by atoms with Crippen LogP contribution in [0.15, 0.2) is 29.4 Å². The molecule has 0 saturated carbocycles. The van der Waals surface area contributed by atoms with Crippen LogP contribution < -0.4 is 5.43 Å². The van der Waals surface area contributed by atoms with E-state index < -0.39 is 23.9 Å². The van der Waals surface area contributed by atoms with Crippen molar-refractivity contribution in [2.45, 2.75) is 31.9 Å². The van der Waals surface area contributed by atoms with E-state index in [1.165, 1.54) is 12.1 Å². The Morgan fingerprint density at radius 2 is 1.67 bits per heavy atom. The van der Waals surface area contributed by atoms with Crippen LogP contribution >= 0.6 is 23.2 Å². The van der Waals surface area contributed by atoms with E-state index in [4.69, 9.17) is 23.2 Å². The average molecular weight is 478 g/mol. The molecule has 1 N–H and O–H groups in total. The van der Waals surface area contributed by atoms with E-state index in [2.05, 4.69) is 5.10 Å². The van der Waals surface area contributed by atoms with Crippen molar-refractivity contribution in [3.8, 4) is 5.69 Å². The number of carbonyl (C=O) groups excluding carboxylic acids is 1. The molecule has 13 heteroatoms. The molecule has 1 heterocycles. The summed E-state index contributed by atoms with van der Waals surface area (Å²) in [6.45, 7) is 3.22. The lowest BCUT2D eigenvalue weighted by Crippen LogP contribution is -2.58. The van der Waals surface area contributed by atoms with Crippen molar-refractivity contribution in [1.82, 2.24) is 9.99 Å². The van der Waals surface area contributed by atoms with E-state index in [0.717, 1.165) is 11.6 Å². The second-order valence-corrected chi connectivity index (χ2v) is 6.95. The standard InChI is InChI=1S/C17H12Cl2F7N3O/c1-8-5-10(9(2)29(8)13-6-11(18)3-4-12(13)19)7-27-28-14(30)15(20,21)16(22,23)17(24,25)26/h3-7H,1-2H3,(H,28,30)/b27-7-. The van der Waals surface area contributed by atoms with Crippen LogP contribution in [0.2, 0.25) is 10.0 Å². The summed E-state index contributed by atoms with van der Waals surface area (Å²) in [5, 5.41) is 3.77. The zero-order valence-electron chi connectivity index (χ0n) is 15.1. The largest absolute Gasteiger partial charge is 0.460 e. The first-order chi connectivity index (χ1) is 13.6. The van der Waals surface area contributed by atoms with Crippen molar-refractivity contribution >= 4 is 35.3 Å². The molecule has 0 radical (unpaired) electrons. The number of rotatable bonds is 5. The quantitative estimate of drug-likeness (QED) is 0.336. The molecule has 0 saturated heterocycles. The number of alkyl halides is 7. The van der Waals surface area contributed by atoms with Gasteiger partial charge in [0.25, 0.3) is 0 Å². The minimum atomic E-state index is -6.63.